The number of carbonyl (C=O) groups excluding carboxylic acids is 1. The maximum atomic E-state index is 14.5. The van der Waals surface area contributed by atoms with Crippen LogP contribution >= 0.6 is 0 Å². The third-order valence-electron chi connectivity index (χ3n) is 5.59. The number of ketones is 1. The first-order chi connectivity index (χ1) is 15.3. The Morgan fingerprint density at radius 1 is 1.03 bits per heavy atom. The monoisotopic (exact) mass is 435 g/mol. The van der Waals surface area contributed by atoms with Gasteiger partial charge in [0.2, 0.25) is 0 Å². The summed E-state index contributed by atoms with van der Waals surface area (Å²) in [7, 11) is 4.88. The summed E-state index contributed by atoms with van der Waals surface area (Å²) >= 11 is 0. The van der Waals surface area contributed by atoms with E-state index in [1.165, 1.54) is 31.4 Å². The highest BCUT2D eigenvalue weighted by molar-refractivity contribution is 6.09. The van der Waals surface area contributed by atoms with Gasteiger partial charge in [-0.2, -0.15) is 5.10 Å². The predicted octanol–water partition coefficient (Wildman–Crippen LogP) is 3.75. The van der Waals surface area contributed by atoms with E-state index in [2.05, 4.69) is 5.10 Å². The van der Waals surface area contributed by atoms with Gasteiger partial charge in [-0.25, -0.2) is 9.07 Å². The van der Waals surface area contributed by atoms with Crippen LogP contribution in [0.4, 0.5) is 4.39 Å². The molecule has 0 fully saturated rings. The molecular formula is C24H22FN3O4. The van der Waals surface area contributed by atoms with E-state index in [9.17, 15) is 14.0 Å². The highest BCUT2D eigenvalue weighted by Crippen LogP contribution is 2.29. The molecule has 0 bridgehead atoms. The first kappa shape index (κ1) is 21.3. The number of benzene rings is 2. The van der Waals surface area contributed by atoms with Gasteiger partial charge in [0.15, 0.2) is 5.78 Å². The number of rotatable bonds is 6. The molecule has 0 atom stereocenters. The van der Waals surface area contributed by atoms with E-state index in [0.29, 0.717) is 17.1 Å². The third-order valence-corrected chi connectivity index (χ3v) is 5.59. The van der Waals surface area contributed by atoms with Crippen molar-refractivity contribution in [1.29, 1.82) is 0 Å². The first-order valence-electron chi connectivity index (χ1n) is 9.92. The van der Waals surface area contributed by atoms with Crippen molar-refractivity contribution in [2.75, 3.05) is 14.2 Å². The number of fused-ring (bicyclic) bond motifs is 1. The number of halogens is 1. The number of nitrogens with zero attached hydrogens (tertiary/aromatic N) is 3. The van der Waals surface area contributed by atoms with Crippen molar-refractivity contribution in [3.05, 3.63) is 76.0 Å². The van der Waals surface area contributed by atoms with Gasteiger partial charge in [-0.05, 0) is 43.3 Å². The molecule has 0 aliphatic rings. The Labute approximate surface area is 183 Å². The van der Waals surface area contributed by atoms with Crippen LogP contribution in [0.15, 0.2) is 53.3 Å². The fourth-order valence-corrected chi connectivity index (χ4v) is 3.78. The van der Waals surface area contributed by atoms with Crippen LogP contribution in [-0.2, 0) is 13.6 Å². The summed E-state index contributed by atoms with van der Waals surface area (Å²) in [6.07, 6.45) is 0. The van der Waals surface area contributed by atoms with Crippen molar-refractivity contribution in [3.8, 4) is 22.8 Å². The molecule has 164 valence electrons. The fraction of sp³-hybridized carbons (Fsp3) is 0.208. The number of carbonyl (C=O) groups is 1. The number of hydrogen-bond donors (Lipinski definition) is 0. The number of ether oxygens (including phenoxy) is 2. The van der Waals surface area contributed by atoms with Gasteiger partial charge < -0.3 is 14.0 Å². The van der Waals surface area contributed by atoms with Gasteiger partial charge in [0, 0.05) is 46.9 Å². The van der Waals surface area contributed by atoms with Gasteiger partial charge >= 0.3 is 0 Å². The van der Waals surface area contributed by atoms with E-state index in [1.807, 2.05) is 30.7 Å². The van der Waals surface area contributed by atoms with Crippen molar-refractivity contribution in [2.45, 2.75) is 13.5 Å². The fourth-order valence-electron chi connectivity index (χ4n) is 3.78. The molecule has 4 aromatic rings. The van der Waals surface area contributed by atoms with E-state index in [1.54, 1.807) is 19.2 Å². The second-order valence-electron chi connectivity index (χ2n) is 7.39. The minimum Gasteiger partial charge on any atom is -0.497 e. The Kier molecular flexibility index (Phi) is 5.52. The second-order valence-corrected chi connectivity index (χ2v) is 7.39. The minimum atomic E-state index is -0.537. The standard InChI is InChI=1S/C24H22FN3O4/c1-14-24(18-11-15(31-3)6-9-21(18)27(14)2)22(29)13-28-23(30)10-8-20(26-28)17-7-5-16(32-4)12-19(17)25/h5-12H,13H2,1-4H3. The Morgan fingerprint density at radius 2 is 1.72 bits per heavy atom. The average Bonchev–Trinajstić information content (AvgIpc) is 3.04. The molecular weight excluding hydrogens is 413 g/mol. The van der Waals surface area contributed by atoms with Crippen LogP contribution < -0.4 is 15.0 Å². The summed E-state index contributed by atoms with van der Waals surface area (Å²) in [5, 5.41) is 4.98. The number of Topliss-reactive ketones (excluding diaryl/α,β-unsaturated/α-hetero) is 1. The van der Waals surface area contributed by atoms with Gasteiger partial charge in [0.1, 0.15) is 23.9 Å². The predicted molar refractivity (Wildman–Crippen MR) is 119 cm³/mol. The summed E-state index contributed by atoms with van der Waals surface area (Å²) in [5.41, 5.74) is 2.14. The zero-order valence-electron chi connectivity index (χ0n) is 18.2. The second kappa shape index (κ2) is 8.30. The SMILES string of the molecule is COc1ccc(-c2ccc(=O)n(CC(=O)c3c(C)n(C)c4ccc(OC)cc34)n2)c(F)c1. The van der Waals surface area contributed by atoms with Crippen LogP contribution in [0.5, 0.6) is 11.5 Å². The van der Waals surface area contributed by atoms with E-state index in [4.69, 9.17) is 9.47 Å². The molecule has 0 spiro atoms. The Bertz CT molecular complexity index is 1400. The molecule has 2 aromatic heterocycles. The minimum absolute atomic E-state index is 0.207. The molecule has 0 saturated heterocycles. The summed E-state index contributed by atoms with van der Waals surface area (Å²) in [6, 6.07) is 12.6. The highest BCUT2D eigenvalue weighted by Gasteiger charge is 2.20. The topological polar surface area (TPSA) is 75.3 Å². The lowest BCUT2D eigenvalue weighted by atomic mass is 10.1. The normalized spacial score (nSPS) is 11.0. The molecule has 8 heteroatoms. The van der Waals surface area contributed by atoms with Crippen LogP contribution in [0, 0.1) is 12.7 Å². The molecule has 0 saturated carbocycles. The molecule has 0 aliphatic heterocycles. The van der Waals surface area contributed by atoms with E-state index < -0.39 is 11.4 Å². The van der Waals surface area contributed by atoms with Gasteiger partial charge in [-0.1, -0.05) is 0 Å². The van der Waals surface area contributed by atoms with Gasteiger partial charge in [0.25, 0.3) is 5.56 Å². The van der Waals surface area contributed by atoms with Crippen LogP contribution in [-0.4, -0.2) is 34.4 Å². The number of methoxy groups -OCH3 is 2. The summed E-state index contributed by atoms with van der Waals surface area (Å²) in [6.45, 7) is 1.57. The highest BCUT2D eigenvalue weighted by atomic mass is 19.1. The molecule has 0 radical (unpaired) electrons. The summed E-state index contributed by atoms with van der Waals surface area (Å²) in [4.78, 5) is 25.7. The summed E-state index contributed by atoms with van der Waals surface area (Å²) < 4.78 is 27.8. The largest absolute Gasteiger partial charge is 0.497 e. The van der Waals surface area contributed by atoms with Crippen molar-refractivity contribution < 1.29 is 18.7 Å². The quantitative estimate of drug-likeness (QED) is 0.431. The Hall–Kier alpha value is -3.94. The average molecular weight is 435 g/mol. The van der Waals surface area contributed by atoms with Crippen LogP contribution in [0.25, 0.3) is 22.2 Å². The van der Waals surface area contributed by atoms with E-state index >= 15 is 0 Å². The van der Waals surface area contributed by atoms with Crippen molar-refractivity contribution in [3.63, 3.8) is 0 Å². The lowest BCUT2D eigenvalue weighted by Crippen LogP contribution is -2.26. The maximum Gasteiger partial charge on any atom is 0.267 e. The number of hydrogen-bond acceptors (Lipinski definition) is 5. The molecule has 7 nitrogen and oxygen atoms in total. The lowest BCUT2D eigenvalue weighted by Gasteiger charge is -2.09. The van der Waals surface area contributed by atoms with Crippen molar-refractivity contribution >= 4 is 16.7 Å². The summed E-state index contributed by atoms with van der Waals surface area (Å²) in [5.74, 6) is 0.190. The number of aromatic nitrogens is 3. The molecule has 2 aromatic carbocycles. The molecule has 0 aliphatic carbocycles. The lowest BCUT2D eigenvalue weighted by molar-refractivity contribution is 0.0966. The molecule has 0 amide bonds. The van der Waals surface area contributed by atoms with Crippen molar-refractivity contribution in [1.82, 2.24) is 14.3 Å². The molecule has 0 unspecified atom stereocenters. The van der Waals surface area contributed by atoms with E-state index in [0.717, 1.165) is 21.3 Å². The van der Waals surface area contributed by atoms with Crippen molar-refractivity contribution in [2.24, 2.45) is 7.05 Å². The van der Waals surface area contributed by atoms with E-state index in [-0.39, 0.29) is 23.6 Å². The van der Waals surface area contributed by atoms with Gasteiger partial charge in [-0.15, -0.1) is 0 Å². The van der Waals surface area contributed by atoms with Crippen LogP contribution in [0.2, 0.25) is 0 Å². The molecule has 32 heavy (non-hydrogen) atoms. The Morgan fingerprint density at radius 3 is 2.41 bits per heavy atom. The zero-order valence-corrected chi connectivity index (χ0v) is 18.2. The third kappa shape index (κ3) is 3.64. The smallest absolute Gasteiger partial charge is 0.267 e. The zero-order chi connectivity index (χ0) is 23.0. The maximum absolute atomic E-state index is 14.5. The molecule has 4 rings (SSSR count). The number of aryl methyl sites for hydroxylation is 1. The van der Waals surface area contributed by atoms with Gasteiger partial charge in [0.05, 0.1) is 19.9 Å². The first-order valence-corrected chi connectivity index (χ1v) is 9.92. The molecule has 2 heterocycles. The van der Waals surface area contributed by atoms with Crippen LogP contribution in [0.3, 0.4) is 0 Å². The van der Waals surface area contributed by atoms with Gasteiger partial charge in [-0.3, -0.25) is 9.59 Å². The molecule has 0 N–H and O–H groups in total. The van der Waals surface area contributed by atoms with Crippen LogP contribution in [0.1, 0.15) is 16.1 Å². The Balaban J connectivity index is 1.74.